The van der Waals surface area contributed by atoms with E-state index < -0.39 is 20.2 Å². The molecule has 0 aliphatic rings. The van der Waals surface area contributed by atoms with Gasteiger partial charge in [-0.25, -0.2) is 0 Å². The molecular weight excluding hydrogens is 649 g/mol. The lowest BCUT2D eigenvalue weighted by Crippen LogP contribution is -2.41. The summed E-state index contributed by atoms with van der Waals surface area (Å²) >= 11 is 7.38. The second-order valence-corrected chi connectivity index (χ2v) is 12.3. The number of carbonyl (C=O) groups is 2. The molecule has 3 aromatic carbocycles. The molecule has 2 aromatic heterocycles. The number of halogens is 1. The molecule has 11 nitrogen and oxygen atoms in total. The van der Waals surface area contributed by atoms with E-state index in [0.29, 0.717) is 32.9 Å². The van der Waals surface area contributed by atoms with Crippen molar-refractivity contribution in [1.82, 2.24) is 25.1 Å². The average Bonchev–Trinajstić information content (AvgIpc) is 3.45. The number of hydrogen-bond acceptors (Lipinski definition) is 10. The van der Waals surface area contributed by atoms with E-state index in [1.807, 2.05) is 48.5 Å². The fraction of sp³-hybridized carbons (Fsp3) is 0.125. The van der Waals surface area contributed by atoms with Crippen LogP contribution in [0.3, 0.4) is 0 Å². The van der Waals surface area contributed by atoms with E-state index >= 15 is 0 Å². The molecule has 1 unspecified atom stereocenters. The summed E-state index contributed by atoms with van der Waals surface area (Å²) in [4.78, 5) is 36.6. The zero-order valence-electron chi connectivity index (χ0n) is 24.9. The molecule has 0 spiro atoms. The quantitative estimate of drug-likeness (QED) is 0.0857. The highest BCUT2D eigenvalue weighted by molar-refractivity contribution is 7.99. The highest BCUT2D eigenvalue weighted by atomic mass is 35.5. The van der Waals surface area contributed by atoms with E-state index in [-0.39, 0.29) is 11.7 Å². The SMILES string of the molecule is CNC(=O)c1ccccc1Sc1ccc2c(/C=C/c3ccccn3)nn([PH](=O)ON(Oc3ccc(Cl)cc3)[C@@H](C)C(=O)OC)c2c1. The lowest BCUT2D eigenvalue weighted by atomic mass is 10.2. The molecule has 0 radical (unpaired) electrons. The van der Waals surface area contributed by atoms with Gasteiger partial charge in [-0.1, -0.05) is 41.6 Å². The highest BCUT2D eigenvalue weighted by Crippen LogP contribution is 2.38. The summed E-state index contributed by atoms with van der Waals surface area (Å²) in [7, 11) is -0.475. The van der Waals surface area contributed by atoms with Gasteiger partial charge in [-0.15, -0.1) is 0 Å². The summed E-state index contributed by atoms with van der Waals surface area (Å²) < 4.78 is 25.9. The number of benzene rings is 3. The zero-order valence-corrected chi connectivity index (χ0v) is 27.5. The van der Waals surface area contributed by atoms with Crippen LogP contribution in [-0.2, 0) is 18.7 Å². The van der Waals surface area contributed by atoms with E-state index in [1.165, 1.54) is 30.2 Å². The van der Waals surface area contributed by atoms with Gasteiger partial charge in [0.05, 0.1) is 29.6 Å². The third-order valence-electron chi connectivity index (χ3n) is 6.58. The molecule has 0 bridgehead atoms. The maximum Gasteiger partial charge on any atom is 0.328 e. The molecule has 0 aliphatic carbocycles. The molecule has 46 heavy (non-hydrogen) atoms. The van der Waals surface area contributed by atoms with Crippen molar-refractivity contribution in [1.29, 1.82) is 0 Å². The second kappa shape index (κ2) is 15.2. The number of hydroxylamine groups is 2. The number of nitrogens with one attached hydrogen (secondary N) is 1. The summed E-state index contributed by atoms with van der Waals surface area (Å²) in [5, 5.41) is 9.28. The number of esters is 1. The van der Waals surface area contributed by atoms with Crippen LogP contribution < -0.4 is 10.2 Å². The molecule has 236 valence electrons. The minimum Gasteiger partial charge on any atom is -0.468 e. The van der Waals surface area contributed by atoms with Crippen molar-refractivity contribution in [3.05, 3.63) is 113 Å². The molecule has 0 aliphatic heterocycles. The third kappa shape index (κ3) is 7.85. The van der Waals surface area contributed by atoms with Crippen LogP contribution in [0.1, 0.15) is 28.7 Å². The molecule has 14 heteroatoms. The van der Waals surface area contributed by atoms with E-state index in [1.54, 1.807) is 61.8 Å². The van der Waals surface area contributed by atoms with Gasteiger partial charge < -0.3 is 14.9 Å². The monoisotopic (exact) mass is 677 g/mol. The molecule has 5 aromatic rings. The highest BCUT2D eigenvalue weighted by Gasteiger charge is 2.29. The predicted octanol–water partition coefficient (Wildman–Crippen LogP) is 6.79. The van der Waals surface area contributed by atoms with Crippen LogP contribution >= 0.6 is 31.5 Å². The second-order valence-electron chi connectivity index (χ2n) is 9.63. The van der Waals surface area contributed by atoms with Gasteiger partial charge in [-0.2, -0.15) is 14.2 Å². The van der Waals surface area contributed by atoms with Gasteiger partial charge in [0.2, 0.25) is 0 Å². The number of methoxy groups -OCH3 is 1. The number of pyridine rings is 1. The molecular formula is C32H29ClN5O6PS. The number of ether oxygens (including phenoxy) is 1. The minimum absolute atomic E-state index is 0.213. The lowest BCUT2D eigenvalue weighted by molar-refractivity contribution is -0.276. The summed E-state index contributed by atoms with van der Waals surface area (Å²) in [6.45, 7) is 1.48. The molecule has 0 saturated carbocycles. The van der Waals surface area contributed by atoms with Gasteiger partial charge in [0.1, 0.15) is 0 Å². The predicted molar refractivity (Wildman–Crippen MR) is 178 cm³/mol. The van der Waals surface area contributed by atoms with E-state index in [2.05, 4.69) is 15.4 Å². The Labute approximate surface area is 274 Å². The summed E-state index contributed by atoms with van der Waals surface area (Å²) in [5.74, 6) is -0.607. The molecule has 1 amide bonds. The largest absolute Gasteiger partial charge is 0.468 e. The number of rotatable bonds is 12. The number of amides is 1. The van der Waals surface area contributed by atoms with Crippen molar-refractivity contribution in [3.8, 4) is 5.75 Å². The summed E-state index contributed by atoms with van der Waals surface area (Å²) in [5.41, 5.74) is 2.23. The first kappa shape index (κ1) is 32.9. The zero-order chi connectivity index (χ0) is 32.6. The number of fused-ring (bicyclic) bond motifs is 1. The fourth-order valence-corrected chi connectivity index (χ4v) is 6.34. The van der Waals surface area contributed by atoms with E-state index in [4.69, 9.17) is 25.8 Å². The van der Waals surface area contributed by atoms with Crippen molar-refractivity contribution in [2.75, 3.05) is 14.2 Å². The average molecular weight is 678 g/mol. The summed E-state index contributed by atoms with van der Waals surface area (Å²) in [6.07, 6.45) is 5.24. The van der Waals surface area contributed by atoms with Crippen molar-refractivity contribution in [3.63, 3.8) is 0 Å². The van der Waals surface area contributed by atoms with Gasteiger partial charge >= 0.3 is 14.1 Å². The normalized spacial score (nSPS) is 12.7. The van der Waals surface area contributed by atoms with Crippen LogP contribution in [-0.4, -0.2) is 51.8 Å². The Morgan fingerprint density at radius 1 is 1.04 bits per heavy atom. The Balaban J connectivity index is 1.54. The van der Waals surface area contributed by atoms with Gasteiger partial charge in [-0.05, 0) is 85.8 Å². The Kier molecular flexibility index (Phi) is 10.9. The Morgan fingerprint density at radius 3 is 2.52 bits per heavy atom. The third-order valence-corrected chi connectivity index (χ3v) is 8.92. The fourth-order valence-electron chi connectivity index (χ4n) is 4.24. The smallest absolute Gasteiger partial charge is 0.328 e. The maximum atomic E-state index is 13.9. The summed E-state index contributed by atoms with van der Waals surface area (Å²) in [6, 6.07) is 23.6. The van der Waals surface area contributed by atoms with Crippen LogP contribution in [0.25, 0.3) is 23.1 Å². The van der Waals surface area contributed by atoms with Crippen LogP contribution in [0, 0.1) is 0 Å². The molecule has 0 saturated heterocycles. The number of hydrogen-bond donors (Lipinski definition) is 1. The van der Waals surface area contributed by atoms with Gasteiger partial charge in [0.15, 0.2) is 11.8 Å². The Bertz CT molecular complexity index is 1900. The molecule has 0 fully saturated rings. The lowest BCUT2D eigenvalue weighted by Gasteiger charge is -2.25. The van der Waals surface area contributed by atoms with E-state index in [0.717, 1.165) is 15.0 Å². The first-order chi connectivity index (χ1) is 22.3. The van der Waals surface area contributed by atoms with Gasteiger partial charge in [0, 0.05) is 38.7 Å². The van der Waals surface area contributed by atoms with Crippen molar-refractivity contribution >= 4 is 66.5 Å². The Morgan fingerprint density at radius 2 is 1.80 bits per heavy atom. The van der Waals surface area contributed by atoms with Crippen LogP contribution in [0.2, 0.25) is 5.02 Å². The molecule has 2 heterocycles. The standard InChI is InChI=1S/C32H29ClN5O6PS/c1-21(32(40)42-3)38(43-24-14-11-22(33)12-15-24)44-45(41)37-29-20-25(46-30-10-5-4-9-27(30)31(39)34-2)16-17-26(29)28(36-37)18-13-23-8-6-7-19-35-23/h4-21,45H,1-3H3,(H,34,39)/b18-13+/t21-/m0/s1. The maximum absolute atomic E-state index is 13.9. The number of carbonyl (C=O) groups excluding carboxylic acids is 2. The molecule has 5 rings (SSSR count). The first-order valence-corrected chi connectivity index (χ1v) is 16.4. The first-order valence-electron chi connectivity index (χ1n) is 13.9. The number of nitrogens with zero attached hydrogens (tertiary/aromatic N) is 4. The topological polar surface area (TPSA) is 125 Å². The van der Waals surface area contributed by atoms with Crippen LogP contribution in [0.15, 0.2) is 101 Å². The molecule has 2 atom stereocenters. The number of aromatic nitrogens is 3. The van der Waals surface area contributed by atoms with Gasteiger partial charge in [-0.3, -0.25) is 19.1 Å². The van der Waals surface area contributed by atoms with Crippen LogP contribution in [0.4, 0.5) is 0 Å². The van der Waals surface area contributed by atoms with Crippen molar-refractivity contribution < 1.29 is 28.4 Å². The Hall–Kier alpha value is -4.45. The van der Waals surface area contributed by atoms with Crippen molar-refractivity contribution in [2.45, 2.75) is 22.8 Å². The van der Waals surface area contributed by atoms with Crippen molar-refractivity contribution in [2.24, 2.45) is 0 Å². The van der Waals surface area contributed by atoms with Crippen LogP contribution in [0.5, 0.6) is 5.75 Å². The minimum atomic E-state index is -3.28. The van der Waals surface area contributed by atoms with E-state index in [9.17, 15) is 14.2 Å². The van der Waals surface area contributed by atoms with Gasteiger partial charge in [0.25, 0.3) is 5.91 Å². The molecule has 1 N–H and O–H groups in total.